The fourth-order valence-corrected chi connectivity index (χ4v) is 4.37. The fourth-order valence-electron chi connectivity index (χ4n) is 3.23. The van der Waals surface area contributed by atoms with E-state index >= 15 is 0 Å². The molecule has 1 N–H and O–H groups in total. The first-order valence-electron chi connectivity index (χ1n) is 9.21. The van der Waals surface area contributed by atoms with Crippen molar-refractivity contribution in [1.29, 1.82) is 0 Å². The Kier molecular flexibility index (Phi) is 5.82. The van der Waals surface area contributed by atoms with Gasteiger partial charge >= 0.3 is 0 Å². The first kappa shape index (κ1) is 20.5. The quantitative estimate of drug-likeness (QED) is 0.519. The monoisotopic (exact) mass is 432 g/mol. The lowest BCUT2D eigenvalue weighted by Gasteiger charge is -2.16. The van der Waals surface area contributed by atoms with Crippen molar-refractivity contribution in [1.82, 2.24) is 10.0 Å². The summed E-state index contributed by atoms with van der Waals surface area (Å²) in [5, 5.41) is 10.3. The average molecular weight is 432 g/mol. The van der Waals surface area contributed by atoms with Gasteiger partial charge in [0.15, 0.2) is 15.7 Å². The van der Waals surface area contributed by atoms with E-state index in [1.807, 2.05) is 12.1 Å². The van der Waals surface area contributed by atoms with Crippen molar-refractivity contribution in [2.75, 3.05) is 12.7 Å². The first-order chi connectivity index (χ1) is 14.4. The van der Waals surface area contributed by atoms with Gasteiger partial charge < -0.3 is 14.2 Å². The van der Waals surface area contributed by atoms with E-state index in [4.69, 9.17) is 14.2 Å². The molecule has 0 radical (unpaired) electrons. The highest BCUT2D eigenvalue weighted by atomic mass is 32.2. The molecule has 1 saturated heterocycles. The Morgan fingerprint density at radius 1 is 1.17 bits per heavy atom. The number of ether oxygens (including phenoxy) is 3. The number of aromatic nitrogens is 1. The summed E-state index contributed by atoms with van der Waals surface area (Å²) in [5.74, 6) is -1.15. The molecule has 4 rings (SSSR count). The number of carbonyl (C=O) groups is 1. The molecule has 2 aromatic rings. The lowest BCUT2D eigenvalue weighted by molar-refractivity contribution is -0.156. The van der Waals surface area contributed by atoms with Crippen molar-refractivity contribution in [3.05, 3.63) is 66.0 Å². The van der Waals surface area contributed by atoms with Gasteiger partial charge in [-0.05, 0) is 48.0 Å². The second-order valence-corrected chi connectivity index (χ2v) is 8.87. The number of fused-ring (bicyclic) bond motifs is 1. The maximum Gasteiger partial charge on any atom is 0.274 e. The Morgan fingerprint density at radius 3 is 2.60 bits per heavy atom. The summed E-state index contributed by atoms with van der Waals surface area (Å²) >= 11 is 0. The molecular weight excluding hydrogens is 412 g/mol. The van der Waals surface area contributed by atoms with Gasteiger partial charge in [-0.1, -0.05) is 0 Å². The van der Waals surface area contributed by atoms with E-state index in [2.05, 4.69) is 4.98 Å². The molecule has 9 nitrogen and oxygen atoms in total. The van der Waals surface area contributed by atoms with Crippen molar-refractivity contribution in [2.45, 2.75) is 30.1 Å². The van der Waals surface area contributed by atoms with Crippen LogP contribution >= 0.6 is 0 Å². The summed E-state index contributed by atoms with van der Waals surface area (Å²) in [6.45, 7) is 0.477. The van der Waals surface area contributed by atoms with Gasteiger partial charge in [0.1, 0.15) is 25.3 Å². The molecule has 1 amide bonds. The predicted molar refractivity (Wildman–Crippen MR) is 103 cm³/mol. The van der Waals surface area contributed by atoms with E-state index in [1.165, 1.54) is 24.3 Å². The number of pyridine rings is 1. The number of nitrogens with zero attached hydrogens (tertiary/aromatic N) is 2. The third-order valence-corrected chi connectivity index (χ3v) is 6.41. The molecule has 1 aliphatic heterocycles. The van der Waals surface area contributed by atoms with Crippen LogP contribution in [0.25, 0.3) is 0 Å². The lowest BCUT2D eigenvalue weighted by atomic mass is 10.2. The summed E-state index contributed by atoms with van der Waals surface area (Å²) in [4.78, 5) is 16.3. The van der Waals surface area contributed by atoms with Crippen LogP contribution in [0.4, 0.5) is 0 Å². The van der Waals surface area contributed by atoms with Crippen LogP contribution in [0.5, 0.6) is 5.75 Å². The van der Waals surface area contributed by atoms with Crippen LogP contribution in [-0.2, 0) is 30.7 Å². The van der Waals surface area contributed by atoms with Crippen molar-refractivity contribution in [3.63, 3.8) is 0 Å². The summed E-state index contributed by atoms with van der Waals surface area (Å²) in [7, 11) is -3.94. The Labute approximate surface area is 173 Å². The molecule has 0 saturated carbocycles. The van der Waals surface area contributed by atoms with Crippen LogP contribution in [0.3, 0.4) is 0 Å². The number of carbonyl (C=O) groups excluding carboxylic acids is 1. The van der Waals surface area contributed by atoms with Gasteiger partial charge in [-0.3, -0.25) is 15.0 Å². The van der Waals surface area contributed by atoms with Gasteiger partial charge in [0.05, 0.1) is 11.0 Å². The largest absolute Gasteiger partial charge is 0.489 e. The maximum absolute atomic E-state index is 12.6. The van der Waals surface area contributed by atoms with Gasteiger partial charge in [0.25, 0.3) is 5.91 Å². The minimum Gasteiger partial charge on any atom is -0.489 e. The Balaban J connectivity index is 1.36. The van der Waals surface area contributed by atoms with Crippen molar-refractivity contribution >= 4 is 15.7 Å². The van der Waals surface area contributed by atoms with Gasteiger partial charge in [-0.15, -0.1) is 0 Å². The van der Waals surface area contributed by atoms with Crippen LogP contribution in [0.15, 0.2) is 65.3 Å². The number of sulfone groups is 1. The average Bonchev–Trinajstić information content (AvgIpc) is 3.35. The molecule has 2 unspecified atom stereocenters. The smallest absolute Gasteiger partial charge is 0.274 e. The van der Waals surface area contributed by atoms with Crippen LogP contribution in [-0.4, -0.2) is 54.5 Å². The Bertz CT molecular complexity index is 1040. The molecule has 0 spiro atoms. The third-order valence-electron chi connectivity index (χ3n) is 4.83. The number of hydroxylamine groups is 2. The number of amides is 1. The van der Waals surface area contributed by atoms with E-state index in [9.17, 15) is 18.4 Å². The molecule has 2 aliphatic rings. The molecule has 1 aromatic heterocycles. The van der Waals surface area contributed by atoms with E-state index in [0.29, 0.717) is 12.4 Å². The highest BCUT2D eigenvalue weighted by Gasteiger charge is 2.37. The van der Waals surface area contributed by atoms with Gasteiger partial charge in [-0.2, -0.15) is 0 Å². The Morgan fingerprint density at radius 2 is 1.90 bits per heavy atom. The van der Waals surface area contributed by atoms with E-state index in [-0.39, 0.29) is 41.0 Å². The predicted octanol–water partition coefficient (Wildman–Crippen LogP) is 1.68. The minimum absolute atomic E-state index is 0.0328. The minimum atomic E-state index is -3.94. The maximum atomic E-state index is 12.6. The highest BCUT2D eigenvalue weighted by Crippen LogP contribution is 2.30. The van der Waals surface area contributed by atoms with Crippen molar-refractivity contribution in [2.24, 2.45) is 0 Å². The highest BCUT2D eigenvalue weighted by molar-refractivity contribution is 7.91. The van der Waals surface area contributed by atoms with Crippen molar-refractivity contribution in [3.8, 4) is 5.75 Å². The Hall–Kier alpha value is -2.79. The van der Waals surface area contributed by atoms with Gasteiger partial charge in [0.2, 0.25) is 0 Å². The normalized spacial score (nSPS) is 20.5. The molecule has 10 heteroatoms. The molecular formula is C20H20N2O7S. The van der Waals surface area contributed by atoms with Crippen molar-refractivity contribution < 1.29 is 32.6 Å². The van der Waals surface area contributed by atoms with E-state index < -0.39 is 21.6 Å². The van der Waals surface area contributed by atoms with Crippen LogP contribution in [0.2, 0.25) is 0 Å². The molecule has 1 aromatic carbocycles. The van der Waals surface area contributed by atoms with Crippen LogP contribution in [0, 0.1) is 0 Å². The zero-order valence-corrected chi connectivity index (χ0v) is 16.7. The molecule has 0 bridgehead atoms. The summed E-state index contributed by atoms with van der Waals surface area (Å²) in [5.41, 5.74) is 1.19. The molecule has 1 aliphatic carbocycles. The molecule has 2 heterocycles. The lowest BCUT2D eigenvalue weighted by Crippen LogP contribution is -2.33. The molecule has 158 valence electrons. The molecule has 30 heavy (non-hydrogen) atoms. The van der Waals surface area contributed by atoms with E-state index in [1.54, 1.807) is 18.5 Å². The summed E-state index contributed by atoms with van der Waals surface area (Å²) in [6.07, 6.45) is 4.53. The standard InChI is InChI=1S/C20H20N2O7S/c23-20(15-9-18-19(10-15)29-13-28-18)22(24)12-30(25,26)17-3-1-16(2-4-17)27-11-14-5-7-21-8-6-14/h1-9,18-19,24H,10-13H2. The first-order valence-corrected chi connectivity index (χ1v) is 10.9. The number of rotatable bonds is 7. The SMILES string of the molecule is O=C(C1=CC2OCOC2C1)N(O)CS(=O)(=O)c1ccc(OCc2ccncc2)cc1. The van der Waals surface area contributed by atoms with E-state index in [0.717, 1.165) is 5.56 Å². The molecule has 2 atom stereocenters. The van der Waals surface area contributed by atoms with Crippen LogP contribution in [0.1, 0.15) is 12.0 Å². The second kappa shape index (κ2) is 8.52. The van der Waals surface area contributed by atoms with Gasteiger partial charge in [0, 0.05) is 24.4 Å². The number of hydrogen-bond donors (Lipinski definition) is 1. The molecule has 1 fully saturated rings. The zero-order chi connectivity index (χ0) is 21.1. The summed E-state index contributed by atoms with van der Waals surface area (Å²) < 4.78 is 41.4. The third kappa shape index (κ3) is 4.51. The number of hydrogen-bond acceptors (Lipinski definition) is 8. The topological polar surface area (TPSA) is 115 Å². The van der Waals surface area contributed by atoms with Crippen LogP contribution < -0.4 is 4.74 Å². The summed E-state index contributed by atoms with van der Waals surface area (Å²) in [6, 6.07) is 9.42. The second-order valence-electron chi connectivity index (χ2n) is 6.91. The fraction of sp³-hybridized carbons (Fsp3) is 0.300. The number of benzene rings is 1. The zero-order valence-electron chi connectivity index (χ0n) is 15.9. The van der Waals surface area contributed by atoms with Gasteiger partial charge in [-0.25, -0.2) is 13.5 Å².